The highest BCUT2D eigenvalue weighted by atomic mass is 16.2. The topological polar surface area (TPSA) is 668 Å². The van der Waals surface area contributed by atoms with E-state index in [1.165, 1.54) is 0 Å². The zero-order valence-electron chi connectivity index (χ0n) is 44.5. The predicted octanol–water partition coefficient (Wildman–Crippen LogP) is -9.61. The Balaban J connectivity index is 7.16. The number of hydrogen-bond donors (Lipinski definition) is 21. The molecule has 78 heavy (non-hydrogen) atoms. The highest BCUT2D eigenvalue weighted by Gasteiger charge is 2.33. The normalized spacial score (nSPS) is 13.2. The van der Waals surface area contributed by atoms with Crippen molar-refractivity contribution in [3.8, 4) is 0 Å². The second-order valence-electron chi connectivity index (χ2n) is 17.8. The summed E-state index contributed by atoms with van der Waals surface area (Å²) in [6.45, 7) is 2.26. The second kappa shape index (κ2) is 39.6. The Kier molecular flexibility index (Phi) is 35.1. The number of carbonyl (C=O) groups is 7. The van der Waals surface area contributed by atoms with E-state index in [2.05, 4.69) is 66.8 Å². The Morgan fingerprint density at radius 1 is 0.269 bits per heavy atom. The molecule has 0 fully saturated rings. The maximum atomic E-state index is 14.5. The van der Waals surface area contributed by atoms with Crippen LogP contribution in [0.15, 0.2) is 34.9 Å². The monoisotopic (exact) mass is 1110 g/mol. The molecule has 0 aliphatic carbocycles. The van der Waals surface area contributed by atoms with Crippen LogP contribution in [0.3, 0.4) is 0 Å². The molecular weight excluding hydrogens is 1020 g/mol. The van der Waals surface area contributed by atoms with E-state index in [1.54, 1.807) is 6.92 Å². The number of hydrogen-bond acceptors (Lipinski definition) is 14. The van der Waals surface area contributed by atoms with Gasteiger partial charge in [0.2, 0.25) is 41.4 Å². The number of nitrogens with one attached hydrogen (secondary N) is 6. The van der Waals surface area contributed by atoms with Crippen LogP contribution in [0.25, 0.3) is 0 Å². The zero-order valence-corrected chi connectivity index (χ0v) is 44.5. The molecule has 0 saturated carbocycles. The molecule has 0 aliphatic rings. The van der Waals surface area contributed by atoms with E-state index in [4.69, 9.17) is 86.0 Å². The number of guanidine groups is 7. The van der Waals surface area contributed by atoms with Crippen molar-refractivity contribution in [2.75, 3.05) is 45.8 Å². The molecular formula is C43H88N28O7. The van der Waals surface area contributed by atoms with Gasteiger partial charge in [-0.1, -0.05) is 6.92 Å². The van der Waals surface area contributed by atoms with E-state index in [1.807, 2.05) is 0 Å². The van der Waals surface area contributed by atoms with Gasteiger partial charge >= 0.3 is 0 Å². The standard InChI is InChI=1S/C43H88N28O7/c1-23(9-2-16-59-37(45)46)31(73)67-25(11-4-18-61-39(49)50)33(75)69-27(13-6-20-63-41(53)54)35(77)71-29(15-8-22-65-43(57)58)36(78)70-28(14-7-21-64-42(55)56)34(76)68-26(12-5-19-62-40(51)52)32(74)66-24(30(44)72)10-3-17-60-38(47)48/h23-29H,2-22H2,1H3,(H2,44,72)(H,66,74)(H,67,73)(H,68,76)(H,69,75)(H,70,78)(H,71,77)(H4,45,46,59)(H4,47,48,60)(H4,49,50,61)(H4,51,52,62)(H4,53,54,63)(H4,55,56,64)(H4,57,58,65)/t23-,24-,25-,26-,27-,28-,29-/m0/s1. The van der Waals surface area contributed by atoms with Crippen LogP contribution in [-0.4, -0.2) is 165 Å². The van der Waals surface area contributed by atoms with Gasteiger partial charge in [0.15, 0.2) is 41.7 Å². The first-order valence-electron chi connectivity index (χ1n) is 25.2. The summed E-state index contributed by atoms with van der Waals surface area (Å²) in [5.41, 5.74) is 82.4. The summed E-state index contributed by atoms with van der Waals surface area (Å²) in [5.74, 6) is -7.54. The van der Waals surface area contributed by atoms with Crippen molar-refractivity contribution in [1.29, 1.82) is 0 Å². The molecule has 0 aromatic rings. The van der Waals surface area contributed by atoms with Gasteiger partial charge in [-0.2, -0.15) is 0 Å². The minimum absolute atomic E-state index is 0.00820. The third kappa shape index (κ3) is 34.6. The average Bonchev–Trinajstić information content (AvgIpc) is 3.34. The summed E-state index contributed by atoms with van der Waals surface area (Å²) < 4.78 is 0. The minimum Gasteiger partial charge on any atom is -0.370 e. The van der Waals surface area contributed by atoms with E-state index in [9.17, 15) is 33.6 Å². The zero-order chi connectivity index (χ0) is 59.2. The van der Waals surface area contributed by atoms with Gasteiger partial charge in [-0.3, -0.25) is 68.5 Å². The van der Waals surface area contributed by atoms with Gasteiger partial charge in [-0.05, 0) is 89.9 Å². The summed E-state index contributed by atoms with van der Waals surface area (Å²) >= 11 is 0. The van der Waals surface area contributed by atoms with Crippen molar-refractivity contribution < 1.29 is 33.6 Å². The quantitative estimate of drug-likeness (QED) is 0.0154. The van der Waals surface area contributed by atoms with E-state index < -0.39 is 83.5 Å². The molecule has 0 aromatic carbocycles. The number of nitrogens with two attached hydrogens (primary N) is 15. The van der Waals surface area contributed by atoms with Crippen LogP contribution in [0.5, 0.6) is 0 Å². The molecule has 0 aliphatic heterocycles. The van der Waals surface area contributed by atoms with Crippen molar-refractivity contribution in [3.63, 3.8) is 0 Å². The molecule has 0 unspecified atom stereocenters. The van der Waals surface area contributed by atoms with Gasteiger partial charge < -0.3 is 118 Å². The lowest BCUT2D eigenvalue weighted by Crippen LogP contribution is -2.59. The summed E-state index contributed by atoms with van der Waals surface area (Å²) in [7, 11) is 0. The van der Waals surface area contributed by atoms with Gasteiger partial charge in [0.25, 0.3) is 0 Å². The first-order chi connectivity index (χ1) is 36.7. The minimum atomic E-state index is -1.43. The molecule has 35 nitrogen and oxygen atoms in total. The maximum Gasteiger partial charge on any atom is 0.243 e. The fraction of sp³-hybridized carbons (Fsp3) is 0.674. The van der Waals surface area contributed by atoms with E-state index in [0.29, 0.717) is 12.8 Å². The molecule has 0 saturated heterocycles. The number of nitrogens with zero attached hydrogens (tertiary/aromatic N) is 7. The molecule has 0 aromatic heterocycles. The van der Waals surface area contributed by atoms with Gasteiger partial charge in [-0.25, -0.2) is 0 Å². The van der Waals surface area contributed by atoms with Crippen molar-refractivity contribution >= 4 is 83.1 Å². The third-order valence-electron chi connectivity index (χ3n) is 11.0. The molecule has 0 radical (unpaired) electrons. The number of rotatable bonds is 41. The Hall–Kier alpha value is -8.82. The average molecular weight is 1110 g/mol. The van der Waals surface area contributed by atoms with E-state index >= 15 is 0 Å². The van der Waals surface area contributed by atoms with Crippen LogP contribution >= 0.6 is 0 Å². The lowest BCUT2D eigenvalue weighted by molar-refractivity contribution is -0.136. The summed E-state index contributed by atoms with van der Waals surface area (Å²) in [6, 6.07) is -7.98. The third-order valence-corrected chi connectivity index (χ3v) is 11.0. The molecule has 0 rings (SSSR count). The van der Waals surface area contributed by atoms with Crippen molar-refractivity contribution in [1.82, 2.24) is 31.9 Å². The number of primary amides is 1. The number of amides is 7. The van der Waals surface area contributed by atoms with Gasteiger partial charge in [0, 0.05) is 51.7 Å². The van der Waals surface area contributed by atoms with Crippen LogP contribution in [0.2, 0.25) is 0 Å². The lowest BCUT2D eigenvalue weighted by atomic mass is 10.0. The molecule has 7 atom stereocenters. The lowest BCUT2D eigenvalue weighted by Gasteiger charge is -2.28. The van der Waals surface area contributed by atoms with Crippen LogP contribution in [0.4, 0.5) is 0 Å². The van der Waals surface area contributed by atoms with Gasteiger partial charge in [0.1, 0.15) is 36.3 Å². The number of aliphatic imine (C=N–C) groups is 7. The first kappa shape index (κ1) is 69.2. The predicted molar refractivity (Wildman–Crippen MR) is 299 cm³/mol. The molecule has 442 valence electrons. The molecule has 7 amide bonds. The maximum absolute atomic E-state index is 14.5. The fourth-order valence-corrected chi connectivity index (χ4v) is 7.06. The van der Waals surface area contributed by atoms with Crippen molar-refractivity contribution in [2.24, 2.45) is 127 Å². The molecule has 35 heteroatoms. The van der Waals surface area contributed by atoms with Crippen LogP contribution in [0.1, 0.15) is 96.8 Å². The van der Waals surface area contributed by atoms with Crippen LogP contribution < -0.4 is 118 Å². The van der Waals surface area contributed by atoms with Gasteiger partial charge in [0.05, 0.1) is 0 Å². The number of carbonyl (C=O) groups excluding carboxylic acids is 7. The van der Waals surface area contributed by atoms with Gasteiger partial charge in [-0.15, -0.1) is 0 Å². The largest absolute Gasteiger partial charge is 0.370 e. The van der Waals surface area contributed by atoms with E-state index in [0.717, 1.165) is 0 Å². The highest BCUT2D eigenvalue weighted by Crippen LogP contribution is 2.12. The second-order valence-corrected chi connectivity index (χ2v) is 17.8. The van der Waals surface area contributed by atoms with Crippen LogP contribution in [-0.2, 0) is 33.6 Å². The SMILES string of the molecule is C[C@@H](CCCN=C(N)N)C(=O)N[C@@H](CCCN=C(N)N)C(=O)N[C@@H](CCCN=C(N)N)C(=O)N[C@@H](CCCN=C(N)N)C(=O)N[C@@H](CCCN=C(N)N)C(=O)N[C@@H](CCCN=C(N)N)C(=O)N[C@@H](CCCN=C(N)N)C(N)=O. The highest BCUT2D eigenvalue weighted by molar-refractivity contribution is 5.97. The van der Waals surface area contributed by atoms with Crippen molar-refractivity contribution in [2.45, 2.75) is 133 Å². The fourth-order valence-electron chi connectivity index (χ4n) is 7.06. The Morgan fingerprint density at radius 2 is 0.436 bits per heavy atom. The van der Waals surface area contributed by atoms with Crippen LogP contribution in [0, 0.1) is 5.92 Å². The molecule has 0 bridgehead atoms. The summed E-state index contributed by atoms with van der Waals surface area (Å²) in [5, 5.41) is 16.0. The molecule has 0 spiro atoms. The molecule has 36 N–H and O–H groups in total. The Bertz CT molecular complexity index is 2100. The van der Waals surface area contributed by atoms with Crippen molar-refractivity contribution in [3.05, 3.63) is 0 Å². The first-order valence-corrected chi connectivity index (χ1v) is 25.2. The summed E-state index contributed by atoms with van der Waals surface area (Å²) in [4.78, 5) is 125. The van der Waals surface area contributed by atoms with E-state index in [-0.39, 0.29) is 165 Å². The molecule has 0 heterocycles. The smallest absolute Gasteiger partial charge is 0.243 e. The Morgan fingerprint density at radius 3 is 0.628 bits per heavy atom. The Labute approximate surface area is 453 Å². The summed E-state index contributed by atoms with van der Waals surface area (Å²) in [6.07, 6.45) is 1.50.